The molecule has 0 saturated heterocycles. The molecule has 0 rings (SSSR count). The largest absolute Gasteiger partial charge is 0.307 e. The maximum absolute atomic E-state index is 4.28. The number of thiol groups is 1. The van der Waals surface area contributed by atoms with Crippen LogP contribution in [-0.4, -0.2) is 30.3 Å². The molecule has 0 radical (unpaired) electrons. The third-order valence-electron chi connectivity index (χ3n) is 1.47. The van der Waals surface area contributed by atoms with E-state index in [0.717, 1.165) is 6.54 Å². The first-order chi connectivity index (χ1) is 4.16. The van der Waals surface area contributed by atoms with Crippen molar-refractivity contribution in [2.75, 3.05) is 20.1 Å². The van der Waals surface area contributed by atoms with E-state index in [4.69, 9.17) is 0 Å². The fourth-order valence-corrected chi connectivity index (χ4v) is 0.681. The molecular weight excluding hydrogens is 130 g/mol. The maximum atomic E-state index is 4.28. The van der Waals surface area contributed by atoms with E-state index in [1.807, 2.05) is 0 Å². The minimum absolute atomic E-state index is 0.541. The van der Waals surface area contributed by atoms with Crippen LogP contribution < -0.4 is 0 Å². The second kappa shape index (κ2) is 5.12. The quantitative estimate of drug-likeness (QED) is 0.592. The highest BCUT2D eigenvalue weighted by molar-refractivity contribution is 7.80. The lowest BCUT2D eigenvalue weighted by molar-refractivity contribution is 0.348. The summed E-state index contributed by atoms with van der Waals surface area (Å²) in [6.07, 6.45) is 1.19. The molecule has 56 valence electrons. The minimum atomic E-state index is 0.541. The van der Waals surface area contributed by atoms with Crippen LogP contribution in [0.1, 0.15) is 20.3 Å². The van der Waals surface area contributed by atoms with Crippen molar-refractivity contribution in [2.24, 2.45) is 0 Å². The van der Waals surface area contributed by atoms with Crippen molar-refractivity contribution in [3.8, 4) is 0 Å². The van der Waals surface area contributed by atoms with Gasteiger partial charge in [0.2, 0.25) is 0 Å². The average molecular weight is 147 g/mol. The van der Waals surface area contributed by atoms with Crippen LogP contribution in [0, 0.1) is 0 Å². The van der Waals surface area contributed by atoms with E-state index < -0.39 is 0 Å². The van der Waals surface area contributed by atoms with Gasteiger partial charge in [-0.05, 0) is 26.6 Å². The Hall–Kier alpha value is 0.310. The summed E-state index contributed by atoms with van der Waals surface area (Å²) in [6.45, 7) is 6.61. The van der Waals surface area contributed by atoms with Crippen molar-refractivity contribution in [3.05, 3.63) is 0 Å². The molecule has 0 N–H and O–H groups in total. The molecule has 1 unspecified atom stereocenters. The van der Waals surface area contributed by atoms with Gasteiger partial charge in [0.25, 0.3) is 0 Å². The van der Waals surface area contributed by atoms with Crippen molar-refractivity contribution in [1.29, 1.82) is 0 Å². The molecule has 0 fully saturated rings. The summed E-state index contributed by atoms with van der Waals surface area (Å²) < 4.78 is 0. The van der Waals surface area contributed by atoms with Gasteiger partial charge in [-0.3, -0.25) is 0 Å². The summed E-state index contributed by atoms with van der Waals surface area (Å²) in [5, 5.41) is 0.541. The molecule has 0 aliphatic rings. The SMILES string of the molecule is CCN(C)CCC(C)S. The van der Waals surface area contributed by atoms with Crippen LogP contribution in [-0.2, 0) is 0 Å². The van der Waals surface area contributed by atoms with Crippen LogP contribution in [0.25, 0.3) is 0 Å². The van der Waals surface area contributed by atoms with Crippen molar-refractivity contribution in [1.82, 2.24) is 4.90 Å². The second-order valence-electron chi connectivity index (χ2n) is 2.53. The molecule has 9 heavy (non-hydrogen) atoms. The molecule has 0 bridgehead atoms. The lowest BCUT2D eigenvalue weighted by Crippen LogP contribution is -2.20. The molecule has 0 aliphatic heterocycles. The molecular formula is C7H17NS. The van der Waals surface area contributed by atoms with Gasteiger partial charge in [0.1, 0.15) is 0 Å². The van der Waals surface area contributed by atoms with Gasteiger partial charge >= 0.3 is 0 Å². The van der Waals surface area contributed by atoms with Crippen molar-refractivity contribution < 1.29 is 0 Å². The summed E-state index contributed by atoms with van der Waals surface area (Å²) in [4.78, 5) is 2.30. The van der Waals surface area contributed by atoms with Crippen LogP contribution in [0.3, 0.4) is 0 Å². The van der Waals surface area contributed by atoms with Crippen molar-refractivity contribution in [3.63, 3.8) is 0 Å². The molecule has 0 aliphatic carbocycles. The van der Waals surface area contributed by atoms with Crippen LogP contribution in [0.4, 0.5) is 0 Å². The van der Waals surface area contributed by atoms with Gasteiger partial charge < -0.3 is 4.90 Å². The fourth-order valence-electron chi connectivity index (χ4n) is 0.565. The standard InChI is InChI=1S/C7H17NS/c1-4-8(3)6-5-7(2)9/h7,9H,4-6H2,1-3H3. The Morgan fingerprint density at radius 1 is 1.56 bits per heavy atom. The number of rotatable bonds is 4. The molecule has 0 saturated carbocycles. The summed E-state index contributed by atoms with van der Waals surface area (Å²) in [7, 11) is 2.14. The first-order valence-electron chi connectivity index (χ1n) is 3.53. The molecule has 1 nitrogen and oxygen atoms in total. The monoisotopic (exact) mass is 147 g/mol. The van der Waals surface area contributed by atoms with Crippen molar-refractivity contribution >= 4 is 12.6 Å². The molecule has 1 atom stereocenters. The van der Waals surface area contributed by atoms with Crippen LogP contribution in [0.2, 0.25) is 0 Å². The van der Waals surface area contributed by atoms with E-state index in [9.17, 15) is 0 Å². The summed E-state index contributed by atoms with van der Waals surface area (Å²) in [5.74, 6) is 0. The molecule has 0 amide bonds. The fraction of sp³-hybridized carbons (Fsp3) is 1.00. The highest BCUT2D eigenvalue weighted by Crippen LogP contribution is 1.99. The highest BCUT2D eigenvalue weighted by atomic mass is 32.1. The Balaban J connectivity index is 3.06. The van der Waals surface area contributed by atoms with Gasteiger partial charge in [-0.2, -0.15) is 12.6 Å². The second-order valence-corrected chi connectivity index (χ2v) is 3.42. The first-order valence-corrected chi connectivity index (χ1v) is 4.05. The Morgan fingerprint density at radius 2 is 2.11 bits per heavy atom. The van der Waals surface area contributed by atoms with E-state index >= 15 is 0 Å². The van der Waals surface area contributed by atoms with E-state index in [1.165, 1.54) is 13.0 Å². The molecule has 0 aromatic rings. The minimum Gasteiger partial charge on any atom is -0.307 e. The van der Waals surface area contributed by atoms with Crippen LogP contribution in [0.15, 0.2) is 0 Å². The van der Waals surface area contributed by atoms with Crippen molar-refractivity contribution in [2.45, 2.75) is 25.5 Å². The molecule has 0 spiro atoms. The zero-order chi connectivity index (χ0) is 7.28. The predicted octanol–water partition coefficient (Wildman–Crippen LogP) is 1.65. The first kappa shape index (κ1) is 9.31. The van der Waals surface area contributed by atoms with E-state index in [1.54, 1.807) is 0 Å². The lowest BCUT2D eigenvalue weighted by Gasteiger charge is -2.14. The third kappa shape index (κ3) is 6.19. The smallest absolute Gasteiger partial charge is 0.0000571 e. The number of hydrogen-bond donors (Lipinski definition) is 1. The summed E-state index contributed by atoms with van der Waals surface area (Å²) >= 11 is 4.28. The maximum Gasteiger partial charge on any atom is 0.0000571 e. The van der Waals surface area contributed by atoms with E-state index in [2.05, 4.69) is 38.4 Å². The summed E-state index contributed by atoms with van der Waals surface area (Å²) in [5.41, 5.74) is 0. The van der Waals surface area contributed by atoms with Gasteiger partial charge in [0.15, 0.2) is 0 Å². The van der Waals surface area contributed by atoms with E-state index in [-0.39, 0.29) is 0 Å². The van der Waals surface area contributed by atoms with Crippen LogP contribution >= 0.6 is 12.6 Å². The molecule has 2 heteroatoms. The number of hydrogen-bond acceptors (Lipinski definition) is 2. The number of nitrogens with zero attached hydrogens (tertiary/aromatic N) is 1. The molecule has 0 heterocycles. The zero-order valence-corrected chi connectivity index (χ0v) is 7.49. The molecule has 0 aromatic carbocycles. The van der Waals surface area contributed by atoms with E-state index in [0.29, 0.717) is 5.25 Å². The highest BCUT2D eigenvalue weighted by Gasteiger charge is 1.96. The Bertz CT molecular complexity index is 63.9. The predicted molar refractivity (Wildman–Crippen MR) is 46.2 cm³/mol. The van der Waals surface area contributed by atoms with Crippen LogP contribution in [0.5, 0.6) is 0 Å². The van der Waals surface area contributed by atoms with Gasteiger partial charge in [-0.15, -0.1) is 0 Å². The van der Waals surface area contributed by atoms with Gasteiger partial charge in [0, 0.05) is 5.25 Å². The van der Waals surface area contributed by atoms with Gasteiger partial charge in [0.05, 0.1) is 0 Å². The van der Waals surface area contributed by atoms with Gasteiger partial charge in [-0.25, -0.2) is 0 Å². The molecule has 0 aromatic heterocycles. The lowest BCUT2D eigenvalue weighted by atomic mass is 10.3. The van der Waals surface area contributed by atoms with Gasteiger partial charge in [-0.1, -0.05) is 13.8 Å². The summed E-state index contributed by atoms with van der Waals surface area (Å²) in [6, 6.07) is 0. The third-order valence-corrected chi connectivity index (χ3v) is 1.73. The average Bonchev–Trinajstić information content (AvgIpc) is 1.83. The topological polar surface area (TPSA) is 3.24 Å². The zero-order valence-electron chi connectivity index (χ0n) is 6.59. The normalized spacial score (nSPS) is 14.3. The Morgan fingerprint density at radius 3 is 2.44 bits per heavy atom. The Labute approximate surface area is 63.8 Å². The Kier molecular flexibility index (Phi) is 5.30.